The number of hydrogen-bond acceptors (Lipinski definition) is 8. The summed E-state index contributed by atoms with van der Waals surface area (Å²) in [6, 6.07) is 17.6. The molecule has 0 bridgehead atoms. The van der Waals surface area contributed by atoms with Gasteiger partial charge in [0.15, 0.2) is 0 Å². The van der Waals surface area contributed by atoms with E-state index in [1.807, 2.05) is 53.7 Å². The standard InChI is InChI=1S/C38H50O8/c1-7-24(2)34(39)44-30-22-14-20-29-31(30)28(21-15-23-43-37(42)38(4,5)6)25(3)32(45-35(40)26-16-10-8-11-17-26)33(29)46-36(41)27-18-12-9-13-19-27/h8-13,16-19,24-25,28-33H,7,14-15,20-23H2,1-6H3/t24-,25+,28-,29-,30-,31+,32-,33+/m0/s1. The highest BCUT2D eigenvalue weighted by molar-refractivity contribution is 5.90. The summed E-state index contributed by atoms with van der Waals surface area (Å²) < 4.78 is 24.4. The Balaban J connectivity index is 1.68. The second-order valence-electron chi connectivity index (χ2n) is 14.0. The molecule has 8 atom stereocenters. The SMILES string of the molecule is CC[C@H](C)C(=O)O[C@H]1CCC[C@@H]2[C@@H](OC(=O)c3ccccc3)[C@@H](OC(=O)c3ccccc3)[C@H](C)[C@H](CCCOC(=O)C(C)(C)C)[C@H]21. The summed E-state index contributed by atoms with van der Waals surface area (Å²) in [5, 5.41) is 0. The van der Waals surface area contributed by atoms with Crippen LogP contribution in [-0.2, 0) is 28.5 Å². The van der Waals surface area contributed by atoms with Gasteiger partial charge >= 0.3 is 23.9 Å². The lowest BCUT2D eigenvalue weighted by atomic mass is 9.57. The molecule has 0 aliphatic heterocycles. The molecule has 0 radical (unpaired) electrons. The third-order valence-electron chi connectivity index (χ3n) is 9.70. The summed E-state index contributed by atoms with van der Waals surface area (Å²) in [6.45, 7) is 11.6. The van der Waals surface area contributed by atoms with Gasteiger partial charge in [0.05, 0.1) is 29.1 Å². The highest BCUT2D eigenvalue weighted by Gasteiger charge is 2.56. The van der Waals surface area contributed by atoms with Gasteiger partial charge in [-0.05, 0) is 89.5 Å². The van der Waals surface area contributed by atoms with Gasteiger partial charge in [-0.15, -0.1) is 0 Å². The molecule has 8 heteroatoms. The molecular weight excluding hydrogens is 584 g/mol. The summed E-state index contributed by atoms with van der Waals surface area (Å²) in [5.41, 5.74) is 0.229. The summed E-state index contributed by atoms with van der Waals surface area (Å²) in [7, 11) is 0. The fourth-order valence-corrected chi connectivity index (χ4v) is 6.91. The van der Waals surface area contributed by atoms with Crippen LogP contribution in [0.5, 0.6) is 0 Å². The molecule has 0 saturated heterocycles. The van der Waals surface area contributed by atoms with Gasteiger partial charge in [-0.25, -0.2) is 9.59 Å². The van der Waals surface area contributed by atoms with Crippen LogP contribution < -0.4 is 0 Å². The molecule has 2 aliphatic rings. The van der Waals surface area contributed by atoms with Crippen molar-refractivity contribution in [2.24, 2.45) is 35.0 Å². The van der Waals surface area contributed by atoms with E-state index < -0.39 is 29.6 Å². The minimum absolute atomic E-state index is 0.0476. The Morgan fingerprint density at radius 2 is 1.39 bits per heavy atom. The van der Waals surface area contributed by atoms with Crippen LogP contribution in [0.3, 0.4) is 0 Å². The largest absolute Gasteiger partial charge is 0.465 e. The second-order valence-corrected chi connectivity index (χ2v) is 14.0. The third-order valence-corrected chi connectivity index (χ3v) is 9.70. The Labute approximate surface area is 273 Å². The first-order chi connectivity index (χ1) is 21.9. The van der Waals surface area contributed by atoms with Crippen molar-refractivity contribution >= 4 is 23.9 Å². The Hall–Kier alpha value is -3.68. The molecule has 0 N–H and O–H groups in total. The predicted molar refractivity (Wildman–Crippen MR) is 174 cm³/mol. The molecule has 0 amide bonds. The molecule has 0 heterocycles. The molecule has 2 saturated carbocycles. The van der Waals surface area contributed by atoms with Gasteiger partial charge in [0.25, 0.3) is 0 Å². The Morgan fingerprint density at radius 3 is 1.93 bits per heavy atom. The van der Waals surface area contributed by atoms with Crippen LogP contribution in [-0.4, -0.2) is 48.8 Å². The van der Waals surface area contributed by atoms with Crippen LogP contribution >= 0.6 is 0 Å². The summed E-state index contributed by atoms with van der Waals surface area (Å²) in [4.78, 5) is 52.6. The van der Waals surface area contributed by atoms with Gasteiger partial charge in [0.1, 0.15) is 18.3 Å². The lowest BCUT2D eigenvalue weighted by molar-refractivity contribution is -0.188. The Bertz CT molecular complexity index is 1320. The first-order valence-corrected chi connectivity index (χ1v) is 16.8. The van der Waals surface area contributed by atoms with Crippen molar-refractivity contribution in [3.8, 4) is 0 Å². The fraction of sp³-hybridized carbons (Fsp3) is 0.579. The monoisotopic (exact) mass is 634 g/mol. The van der Waals surface area contributed by atoms with E-state index in [0.717, 1.165) is 12.8 Å². The molecule has 8 nitrogen and oxygen atoms in total. The van der Waals surface area contributed by atoms with Crippen LogP contribution in [0, 0.1) is 35.0 Å². The second kappa shape index (κ2) is 15.7. The maximum atomic E-state index is 13.5. The third kappa shape index (κ3) is 8.56. The molecular formula is C38H50O8. The normalized spacial score (nSPS) is 26.6. The first kappa shape index (κ1) is 35.2. The van der Waals surface area contributed by atoms with Crippen LogP contribution in [0.25, 0.3) is 0 Å². The van der Waals surface area contributed by atoms with Crippen molar-refractivity contribution in [3.63, 3.8) is 0 Å². The van der Waals surface area contributed by atoms with E-state index in [1.165, 1.54) is 0 Å². The number of ether oxygens (including phenoxy) is 4. The van der Waals surface area contributed by atoms with E-state index >= 15 is 0 Å². The maximum Gasteiger partial charge on any atom is 0.338 e. The average Bonchev–Trinajstić information content (AvgIpc) is 3.05. The zero-order chi connectivity index (χ0) is 33.4. The van der Waals surface area contributed by atoms with E-state index in [9.17, 15) is 19.2 Å². The van der Waals surface area contributed by atoms with Gasteiger partial charge in [0, 0.05) is 17.8 Å². The van der Waals surface area contributed by atoms with E-state index in [-0.39, 0.29) is 54.2 Å². The minimum Gasteiger partial charge on any atom is -0.465 e. The number of rotatable bonds is 11. The average molecular weight is 635 g/mol. The molecule has 0 aromatic heterocycles. The molecule has 250 valence electrons. The molecule has 4 rings (SSSR count). The number of hydrogen-bond donors (Lipinski definition) is 0. The van der Waals surface area contributed by atoms with E-state index in [0.29, 0.717) is 36.8 Å². The molecule has 0 unspecified atom stereocenters. The smallest absolute Gasteiger partial charge is 0.338 e. The molecule has 0 spiro atoms. The summed E-state index contributed by atoms with van der Waals surface area (Å²) in [5.74, 6) is -2.32. The van der Waals surface area contributed by atoms with Gasteiger partial charge in [0.2, 0.25) is 0 Å². The molecule has 2 aromatic rings. The lowest BCUT2D eigenvalue weighted by Gasteiger charge is -2.53. The molecule has 2 fully saturated rings. The van der Waals surface area contributed by atoms with E-state index in [2.05, 4.69) is 0 Å². The maximum absolute atomic E-state index is 13.5. The lowest BCUT2D eigenvalue weighted by Crippen LogP contribution is -2.59. The first-order valence-electron chi connectivity index (χ1n) is 16.8. The summed E-state index contributed by atoms with van der Waals surface area (Å²) in [6.07, 6.45) is 2.32. The molecule has 46 heavy (non-hydrogen) atoms. The van der Waals surface area contributed by atoms with Gasteiger partial charge in [-0.2, -0.15) is 0 Å². The topological polar surface area (TPSA) is 105 Å². The van der Waals surface area contributed by atoms with E-state index in [1.54, 1.807) is 48.5 Å². The highest BCUT2D eigenvalue weighted by Crippen LogP contribution is 2.51. The van der Waals surface area contributed by atoms with Crippen LogP contribution in [0.4, 0.5) is 0 Å². The van der Waals surface area contributed by atoms with Crippen molar-refractivity contribution in [2.75, 3.05) is 6.61 Å². The van der Waals surface area contributed by atoms with Crippen molar-refractivity contribution in [2.45, 2.75) is 98.4 Å². The number of fused-ring (bicyclic) bond motifs is 1. The number of benzene rings is 2. The van der Waals surface area contributed by atoms with Gasteiger partial charge in [-0.1, -0.05) is 57.2 Å². The number of carbonyl (C=O) groups is 4. The van der Waals surface area contributed by atoms with Gasteiger partial charge in [-0.3, -0.25) is 9.59 Å². The zero-order valence-electron chi connectivity index (χ0n) is 28.1. The van der Waals surface area contributed by atoms with E-state index in [4.69, 9.17) is 18.9 Å². The Kier molecular flexibility index (Phi) is 12.0. The van der Waals surface area contributed by atoms with Crippen LogP contribution in [0.1, 0.15) is 101 Å². The van der Waals surface area contributed by atoms with Crippen molar-refractivity contribution < 1.29 is 38.1 Å². The van der Waals surface area contributed by atoms with Gasteiger partial charge < -0.3 is 18.9 Å². The number of carbonyl (C=O) groups excluding carboxylic acids is 4. The quantitative estimate of drug-likeness (QED) is 0.143. The number of esters is 4. The highest BCUT2D eigenvalue weighted by atomic mass is 16.6. The Morgan fingerprint density at radius 1 is 0.826 bits per heavy atom. The zero-order valence-corrected chi connectivity index (χ0v) is 28.1. The van der Waals surface area contributed by atoms with Crippen LogP contribution in [0.2, 0.25) is 0 Å². The van der Waals surface area contributed by atoms with Crippen molar-refractivity contribution in [1.82, 2.24) is 0 Å². The fourth-order valence-electron chi connectivity index (χ4n) is 6.91. The van der Waals surface area contributed by atoms with Crippen molar-refractivity contribution in [1.29, 1.82) is 0 Å². The molecule has 2 aromatic carbocycles. The molecule has 2 aliphatic carbocycles. The summed E-state index contributed by atoms with van der Waals surface area (Å²) >= 11 is 0. The van der Waals surface area contributed by atoms with Crippen LogP contribution in [0.15, 0.2) is 60.7 Å². The minimum atomic E-state index is -0.736. The predicted octanol–water partition coefficient (Wildman–Crippen LogP) is 7.45. The van der Waals surface area contributed by atoms with Crippen molar-refractivity contribution in [3.05, 3.63) is 71.8 Å².